The van der Waals surface area contributed by atoms with Gasteiger partial charge in [0.15, 0.2) is 0 Å². The highest BCUT2D eigenvalue weighted by molar-refractivity contribution is 6.37. The molecule has 0 radical (unpaired) electrons. The molecule has 0 amide bonds. The zero-order valence-corrected chi connectivity index (χ0v) is 20.9. The van der Waals surface area contributed by atoms with Gasteiger partial charge in [-0.15, -0.1) is 0 Å². The van der Waals surface area contributed by atoms with Gasteiger partial charge in [-0.1, -0.05) is 80.0 Å². The minimum Gasteiger partial charge on any atom is -0.0651 e. The number of benzene rings is 2. The standard InChI is InChI=1S/C28H36Si/c1-10-14(2)25-24-22-19-15(3)26(29-25)23(24)20(21(19)22)16-11-17(27(4,5)6)13-18(12-16)28(7,8)9/h11-14,22,25,29H,10H2,1-9H3. The molecule has 0 nitrogen and oxygen atoms in total. The van der Waals surface area contributed by atoms with E-state index in [-0.39, 0.29) is 10.8 Å². The molecule has 0 spiro atoms. The Bertz CT molecular complexity index is 1150. The molecule has 29 heavy (non-hydrogen) atoms. The molecular formula is C28H36Si. The zero-order valence-electron chi connectivity index (χ0n) is 19.7. The molecule has 3 aliphatic carbocycles. The van der Waals surface area contributed by atoms with E-state index in [1.807, 2.05) is 5.57 Å². The Hall–Kier alpha value is -1.47. The highest BCUT2D eigenvalue weighted by Crippen LogP contribution is 2.63. The molecule has 152 valence electrons. The summed E-state index contributed by atoms with van der Waals surface area (Å²) in [5.74, 6) is 1.53. The van der Waals surface area contributed by atoms with Crippen LogP contribution in [0.3, 0.4) is 0 Å². The fourth-order valence-corrected chi connectivity index (χ4v) is 8.16. The van der Waals surface area contributed by atoms with Crippen molar-refractivity contribution in [1.29, 1.82) is 0 Å². The van der Waals surface area contributed by atoms with Crippen molar-refractivity contribution < 1.29 is 0 Å². The maximum Gasteiger partial charge on any atom is 0.0326 e. The molecule has 6 rings (SSSR count). The van der Waals surface area contributed by atoms with Crippen molar-refractivity contribution >= 4 is 14.7 Å². The van der Waals surface area contributed by atoms with Crippen LogP contribution >= 0.6 is 0 Å². The van der Waals surface area contributed by atoms with Crippen LogP contribution in [0.4, 0.5) is 0 Å². The lowest BCUT2D eigenvalue weighted by molar-refractivity contribution is 0.569. The molecule has 0 fully saturated rings. The van der Waals surface area contributed by atoms with E-state index in [1.54, 1.807) is 32.3 Å². The van der Waals surface area contributed by atoms with Gasteiger partial charge >= 0.3 is 0 Å². The molecule has 3 atom stereocenters. The van der Waals surface area contributed by atoms with E-state index < -0.39 is 0 Å². The summed E-state index contributed by atoms with van der Waals surface area (Å²) in [4.78, 5) is 1.77. The van der Waals surface area contributed by atoms with Crippen LogP contribution in [0.15, 0.2) is 18.2 Å². The normalized spacial score (nSPS) is 22.2. The van der Waals surface area contributed by atoms with Crippen LogP contribution in [0.25, 0.3) is 16.7 Å². The highest BCUT2D eigenvalue weighted by Gasteiger charge is 2.51. The summed E-state index contributed by atoms with van der Waals surface area (Å²) in [6, 6.07) is 7.50. The molecule has 4 aliphatic rings. The summed E-state index contributed by atoms with van der Waals surface area (Å²) in [6.45, 7) is 21.4. The van der Waals surface area contributed by atoms with Crippen LogP contribution in [-0.4, -0.2) is 9.13 Å². The van der Waals surface area contributed by atoms with Gasteiger partial charge in [-0.05, 0) is 83.8 Å². The van der Waals surface area contributed by atoms with E-state index in [0.717, 1.165) is 11.5 Å². The lowest BCUT2D eigenvalue weighted by Crippen LogP contribution is -2.18. The summed E-state index contributed by atoms with van der Waals surface area (Å²) in [5, 5.41) is 1.71. The van der Waals surface area contributed by atoms with E-state index >= 15 is 0 Å². The third-order valence-electron chi connectivity index (χ3n) is 7.90. The van der Waals surface area contributed by atoms with Crippen LogP contribution in [0.5, 0.6) is 0 Å². The molecule has 0 saturated carbocycles. The number of hydrogen-bond donors (Lipinski definition) is 0. The van der Waals surface area contributed by atoms with Crippen LogP contribution in [-0.2, 0) is 10.8 Å². The number of hydrogen-bond acceptors (Lipinski definition) is 0. The fourth-order valence-electron chi connectivity index (χ4n) is 5.78. The van der Waals surface area contributed by atoms with Crippen molar-refractivity contribution in [3.8, 4) is 11.1 Å². The van der Waals surface area contributed by atoms with Crippen molar-refractivity contribution in [1.82, 2.24) is 0 Å². The maximum absolute atomic E-state index is 2.52. The van der Waals surface area contributed by atoms with Gasteiger partial charge in [-0.25, -0.2) is 0 Å². The quantitative estimate of drug-likeness (QED) is 0.523. The maximum atomic E-state index is 2.52. The minimum atomic E-state index is 0.172. The van der Waals surface area contributed by atoms with Crippen molar-refractivity contribution in [3.05, 3.63) is 56.0 Å². The Balaban J connectivity index is 1.79. The van der Waals surface area contributed by atoms with Crippen molar-refractivity contribution in [2.24, 2.45) is 5.92 Å². The Morgan fingerprint density at radius 1 is 0.931 bits per heavy atom. The van der Waals surface area contributed by atoms with E-state index in [2.05, 4.69) is 80.5 Å². The summed E-state index contributed by atoms with van der Waals surface area (Å²) in [5.41, 5.74) is 14.2. The number of rotatable bonds is 3. The van der Waals surface area contributed by atoms with Crippen LogP contribution in [0.2, 0.25) is 5.54 Å². The van der Waals surface area contributed by atoms with Crippen molar-refractivity contribution in [3.63, 3.8) is 0 Å². The lowest BCUT2D eigenvalue weighted by Gasteiger charge is -2.26. The first-order chi connectivity index (χ1) is 13.4. The summed E-state index contributed by atoms with van der Waals surface area (Å²) >= 11 is 0. The first kappa shape index (κ1) is 19.5. The van der Waals surface area contributed by atoms with Crippen LogP contribution in [0, 0.1) is 17.7 Å². The minimum absolute atomic E-state index is 0.172. The summed E-state index contributed by atoms with van der Waals surface area (Å²) in [7, 11) is 0.400. The molecule has 0 N–H and O–H groups in total. The molecule has 2 aromatic carbocycles. The topological polar surface area (TPSA) is 0 Å². The van der Waals surface area contributed by atoms with Gasteiger partial charge in [0.25, 0.3) is 0 Å². The molecule has 0 aromatic heterocycles. The third-order valence-corrected chi connectivity index (χ3v) is 10.3. The largest absolute Gasteiger partial charge is 0.0651 e. The summed E-state index contributed by atoms with van der Waals surface area (Å²) in [6.07, 6.45) is 1.31. The van der Waals surface area contributed by atoms with Gasteiger partial charge < -0.3 is 0 Å². The van der Waals surface area contributed by atoms with Crippen molar-refractivity contribution in [2.45, 2.75) is 91.0 Å². The molecule has 1 heteroatoms. The average molecular weight is 401 g/mol. The molecule has 0 saturated heterocycles. The first-order valence-electron chi connectivity index (χ1n) is 11.5. The Morgan fingerprint density at radius 3 is 2.03 bits per heavy atom. The van der Waals surface area contributed by atoms with Gasteiger partial charge in [0.1, 0.15) is 0 Å². The highest BCUT2D eigenvalue weighted by atomic mass is 28.2. The smallest absolute Gasteiger partial charge is 0.0326 e. The first-order valence-corrected chi connectivity index (χ1v) is 12.8. The van der Waals surface area contributed by atoms with Crippen molar-refractivity contribution in [2.75, 3.05) is 0 Å². The Kier molecular flexibility index (Phi) is 3.91. The predicted octanol–water partition coefficient (Wildman–Crippen LogP) is 6.40. The van der Waals surface area contributed by atoms with E-state index in [0.29, 0.717) is 15.0 Å². The molecular weight excluding hydrogens is 364 g/mol. The zero-order chi connectivity index (χ0) is 21.0. The summed E-state index contributed by atoms with van der Waals surface area (Å²) < 4.78 is 0. The van der Waals surface area contributed by atoms with Gasteiger partial charge in [0.05, 0.1) is 0 Å². The molecule has 3 unspecified atom stereocenters. The van der Waals surface area contributed by atoms with Gasteiger partial charge in [-0.3, -0.25) is 0 Å². The lowest BCUT2D eigenvalue weighted by atomic mass is 9.78. The Labute approximate surface area is 178 Å². The second-order valence-electron chi connectivity index (χ2n) is 11.9. The van der Waals surface area contributed by atoms with Gasteiger partial charge in [0, 0.05) is 15.0 Å². The molecule has 1 aliphatic heterocycles. The van der Waals surface area contributed by atoms with E-state index in [9.17, 15) is 0 Å². The molecule has 6 bridgehead atoms. The van der Waals surface area contributed by atoms with E-state index in [1.165, 1.54) is 23.1 Å². The average Bonchev–Trinajstić information content (AvgIpc) is 3.14. The second-order valence-corrected chi connectivity index (χ2v) is 13.5. The van der Waals surface area contributed by atoms with Gasteiger partial charge in [0.2, 0.25) is 0 Å². The van der Waals surface area contributed by atoms with Crippen LogP contribution < -0.4 is 5.22 Å². The SMILES string of the molecule is CCC(C)C1[SiH]=c2c(C)c3c4c(-c5cc(C(C)(C)C)cc(C(C)(C)C)c5)c2=C1C34. The molecule has 2 aromatic rings. The second kappa shape index (κ2) is 5.81. The monoisotopic (exact) mass is 400 g/mol. The fraction of sp³-hybridized carbons (Fsp3) is 0.536. The predicted molar refractivity (Wildman–Crippen MR) is 128 cm³/mol. The van der Waals surface area contributed by atoms with Gasteiger partial charge in [-0.2, -0.15) is 0 Å². The molecule has 1 heterocycles. The van der Waals surface area contributed by atoms with Crippen LogP contribution in [0.1, 0.15) is 95.5 Å². The Morgan fingerprint density at radius 2 is 1.52 bits per heavy atom. The van der Waals surface area contributed by atoms with E-state index in [4.69, 9.17) is 0 Å². The third kappa shape index (κ3) is 2.59.